The van der Waals surface area contributed by atoms with Crippen molar-refractivity contribution in [3.8, 4) is 17.2 Å². The number of carbonyl (C=O) groups is 2. The summed E-state index contributed by atoms with van der Waals surface area (Å²) in [5.41, 5.74) is 1.27. The Labute approximate surface area is 159 Å². The van der Waals surface area contributed by atoms with Crippen LogP contribution in [-0.4, -0.2) is 32.6 Å². The van der Waals surface area contributed by atoms with Crippen LogP contribution in [0, 0.1) is 0 Å². The zero-order valence-electron chi connectivity index (χ0n) is 15.8. The minimum Gasteiger partial charge on any atom is -0.496 e. The van der Waals surface area contributed by atoms with Gasteiger partial charge in [0, 0.05) is 12.0 Å². The lowest BCUT2D eigenvalue weighted by Crippen LogP contribution is -2.08. The van der Waals surface area contributed by atoms with Crippen LogP contribution in [-0.2, 0) is 16.1 Å². The van der Waals surface area contributed by atoms with Gasteiger partial charge >= 0.3 is 5.97 Å². The van der Waals surface area contributed by atoms with Crippen molar-refractivity contribution in [2.45, 2.75) is 26.4 Å². The topological polar surface area (TPSA) is 71.1 Å². The van der Waals surface area contributed by atoms with E-state index >= 15 is 0 Å². The van der Waals surface area contributed by atoms with Gasteiger partial charge in [-0.05, 0) is 31.2 Å². The van der Waals surface area contributed by atoms with Crippen molar-refractivity contribution in [1.82, 2.24) is 0 Å². The lowest BCUT2D eigenvalue weighted by molar-refractivity contribution is -0.143. The molecule has 0 N–H and O–H groups in total. The Bertz CT molecular complexity index is 762. The van der Waals surface area contributed by atoms with E-state index in [9.17, 15) is 9.59 Å². The molecule has 0 aromatic heterocycles. The first-order valence-electron chi connectivity index (χ1n) is 8.70. The molecule has 0 atom stereocenters. The second-order valence-corrected chi connectivity index (χ2v) is 5.69. The zero-order chi connectivity index (χ0) is 19.6. The third-order valence-corrected chi connectivity index (χ3v) is 3.93. The van der Waals surface area contributed by atoms with Crippen molar-refractivity contribution < 1.29 is 28.5 Å². The summed E-state index contributed by atoms with van der Waals surface area (Å²) in [4.78, 5) is 23.7. The van der Waals surface area contributed by atoms with Crippen LogP contribution in [0.1, 0.15) is 35.7 Å². The van der Waals surface area contributed by atoms with Crippen molar-refractivity contribution in [2.24, 2.45) is 0 Å². The first-order valence-corrected chi connectivity index (χ1v) is 8.70. The average Bonchev–Trinajstić information content (AvgIpc) is 2.70. The fraction of sp³-hybridized carbons (Fsp3) is 0.333. The molecule has 6 heteroatoms. The third kappa shape index (κ3) is 5.74. The standard InChI is InChI=1S/C21H24O6/c1-4-26-21(23)12-11-18(22)15-7-5-8-16(13-15)27-14-17-19(24-2)9-6-10-20(17)25-3/h5-10,13H,4,11-12,14H2,1-3H3. The van der Waals surface area contributed by atoms with E-state index in [0.29, 0.717) is 29.4 Å². The molecule has 0 spiro atoms. The predicted octanol–water partition coefficient (Wildman–Crippen LogP) is 3.81. The quantitative estimate of drug-likeness (QED) is 0.467. The molecule has 0 heterocycles. The molecule has 2 rings (SSSR count). The maximum absolute atomic E-state index is 12.3. The number of Topliss-reactive ketones (excluding diaryl/α,β-unsaturated/α-hetero) is 1. The van der Waals surface area contributed by atoms with Crippen molar-refractivity contribution in [2.75, 3.05) is 20.8 Å². The van der Waals surface area contributed by atoms with Gasteiger partial charge in [0.2, 0.25) is 0 Å². The van der Waals surface area contributed by atoms with Crippen LogP contribution >= 0.6 is 0 Å². The largest absolute Gasteiger partial charge is 0.496 e. The molecular weight excluding hydrogens is 348 g/mol. The van der Waals surface area contributed by atoms with Gasteiger partial charge in [-0.15, -0.1) is 0 Å². The van der Waals surface area contributed by atoms with Gasteiger partial charge in [0.15, 0.2) is 5.78 Å². The van der Waals surface area contributed by atoms with Gasteiger partial charge in [0.05, 0.1) is 32.8 Å². The van der Waals surface area contributed by atoms with Crippen molar-refractivity contribution >= 4 is 11.8 Å². The SMILES string of the molecule is CCOC(=O)CCC(=O)c1cccc(OCc2c(OC)cccc2OC)c1. The summed E-state index contributed by atoms with van der Waals surface area (Å²) >= 11 is 0. The van der Waals surface area contributed by atoms with Crippen LogP contribution in [0.2, 0.25) is 0 Å². The molecule has 0 saturated heterocycles. The fourth-order valence-corrected chi connectivity index (χ4v) is 2.58. The van der Waals surface area contributed by atoms with Gasteiger partial charge in [-0.3, -0.25) is 9.59 Å². The molecule has 0 unspecified atom stereocenters. The molecule has 2 aromatic carbocycles. The van der Waals surface area contributed by atoms with Crippen LogP contribution in [0.25, 0.3) is 0 Å². The Balaban J connectivity index is 2.04. The van der Waals surface area contributed by atoms with Crippen molar-refractivity contribution in [1.29, 1.82) is 0 Å². The molecule has 0 aliphatic heterocycles. The number of hydrogen-bond acceptors (Lipinski definition) is 6. The van der Waals surface area contributed by atoms with Crippen LogP contribution < -0.4 is 14.2 Å². The molecule has 6 nitrogen and oxygen atoms in total. The third-order valence-electron chi connectivity index (χ3n) is 3.93. The number of esters is 1. The highest BCUT2D eigenvalue weighted by atomic mass is 16.5. The van der Waals surface area contributed by atoms with Crippen LogP contribution in [0.4, 0.5) is 0 Å². The minimum atomic E-state index is -0.374. The molecule has 144 valence electrons. The summed E-state index contributed by atoms with van der Waals surface area (Å²) in [6.45, 7) is 2.27. The molecule has 0 fully saturated rings. The first kappa shape index (κ1) is 20.3. The molecule has 0 aliphatic rings. The Morgan fingerprint density at radius 3 is 2.22 bits per heavy atom. The summed E-state index contributed by atoms with van der Waals surface area (Å²) in [6.07, 6.45) is 0.165. The van der Waals surface area contributed by atoms with E-state index in [4.69, 9.17) is 18.9 Å². The first-order chi connectivity index (χ1) is 13.1. The summed E-state index contributed by atoms with van der Waals surface area (Å²) in [5.74, 6) is 1.36. The van der Waals surface area contributed by atoms with Gasteiger partial charge in [0.1, 0.15) is 23.9 Å². The van der Waals surface area contributed by atoms with Gasteiger partial charge in [-0.1, -0.05) is 18.2 Å². The molecule has 27 heavy (non-hydrogen) atoms. The molecule has 0 saturated carbocycles. The number of rotatable bonds is 10. The molecule has 2 aromatic rings. The second kappa shape index (κ2) is 10.2. The van der Waals surface area contributed by atoms with Gasteiger partial charge in [-0.2, -0.15) is 0 Å². The Kier molecular flexibility index (Phi) is 7.67. The van der Waals surface area contributed by atoms with E-state index in [1.165, 1.54) is 0 Å². The number of hydrogen-bond donors (Lipinski definition) is 0. The normalized spacial score (nSPS) is 10.2. The molecule has 0 bridgehead atoms. The fourth-order valence-electron chi connectivity index (χ4n) is 2.58. The highest BCUT2D eigenvalue weighted by Gasteiger charge is 2.13. The Hall–Kier alpha value is -3.02. The molecule has 0 amide bonds. The zero-order valence-corrected chi connectivity index (χ0v) is 15.8. The monoisotopic (exact) mass is 372 g/mol. The van der Waals surface area contributed by atoms with E-state index in [1.807, 2.05) is 18.2 Å². The van der Waals surface area contributed by atoms with E-state index < -0.39 is 0 Å². The summed E-state index contributed by atoms with van der Waals surface area (Å²) in [6, 6.07) is 12.4. The van der Waals surface area contributed by atoms with E-state index in [1.54, 1.807) is 45.4 Å². The lowest BCUT2D eigenvalue weighted by atomic mass is 10.1. The molecule has 0 aliphatic carbocycles. The lowest BCUT2D eigenvalue weighted by Gasteiger charge is -2.14. The van der Waals surface area contributed by atoms with E-state index in [-0.39, 0.29) is 31.2 Å². The minimum absolute atomic E-state index is 0.0656. The molecule has 0 radical (unpaired) electrons. The number of ketones is 1. The van der Waals surface area contributed by atoms with Gasteiger partial charge in [0.25, 0.3) is 0 Å². The Morgan fingerprint density at radius 2 is 1.59 bits per heavy atom. The maximum Gasteiger partial charge on any atom is 0.306 e. The highest BCUT2D eigenvalue weighted by Crippen LogP contribution is 2.29. The summed E-state index contributed by atoms with van der Waals surface area (Å²) in [7, 11) is 3.17. The smallest absolute Gasteiger partial charge is 0.306 e. The number of carbonyl (C=O) groups excluding carboxylic acids is 2. The summed E-state index contributed by atoms with van der Waals surface area (Å²) in [5, 5.41) is 0. The molecular formula is C21H24O6. The van der Waals surface area contributed by atoms with Crippen LogP contribution in [0.5, 0.6) is 17.2 Å². The summed E-state index contributed by atoms with van der Waals surface area (Å²) < 4.78 is 21.4. The van der Waals surface area contributed by atoms with Gasteiger partial charge < -0.3 is 18.9 Å². The Morgan fingerprint density at radius 1 is 0.926 bits per heavy atom. The maximum atomic E-state index is 12.3. The predicted molar refractivity (Wildman–Crippen MR) is 101 cm³/mol. The van der Waals surface area contributed by atoms with Crippen LogP contribution in [0.3, 0.4) is 0 Å². The van der Waals surface area contributed by atoms with Gasteiger partial charge in [-0.25, -0.2) is 0 Å². The van der Waals surface area contributed by atoms with Crippen molar-refractivity contribution in [3.63, 3.8) is 0 Å². The average molecular weight is 372 g/mol. The van der Waals surface area contributed by atoms with E-state index in [0.717, 1.165) is 5.56 Å². The highest BCUT2D eigenvalue weighted by molar-refractivity contribution is 5.97. The number of benzene rings is 2. The number of ether oxygens (including phenoxy) is 4. The van der Waals surface area contributed by atoms with Crippen molar-refractivity contribution in [3.05, 3.63) is 53.6 Å². The van der Waals surface area contributed by atoms with Crippen LogP contribution in [0.15, 0.2) is 42.5 Å². The second-order valence-electron chi connectivity index (χ2n) is 5.69. The van der Waals surface area contributed by atoms with E-state index in [2.05, 4.69) is 0 Å². The number of methoxy groups -OCH3 is 2.